The van der Waals surface area contributed by atoms with E-state index in [1.54, 1.807) is 36.4 Å². The summed E-state index contributed by atoms with van der Waals surface area (Å²) in [4.78, 5) is 27.5. The van der Waals surface area contributed by atoms with Crippen LogP contribution in [0.3, 0.4) is 0 Å². The van der Waals surface area contributed by atoms with E-state index in [0.717, 1.165) is 0 Å². The van der Waals surface area contributed by atoms with Crippen molar-refractivity contribution < 1.29 is 24.5 Å². The molecule has 0 radical (unpaired) electrons. The van der Waals surface area contributed by atoms with Gasteiger partial charge in [-0.2, -0.15) is 0 Å². The first-order valence-electron chi connectivity index (χ1n) is 9.51. The summed E-state index contributed by atoms with van der Waals surface area (Å²) in [6.45, 7) is 0. The zero-order chi connectivity index (χ0) is 23.0. The standard InChI is InChI=1S/C24H17Cl2NO5/c1-32-19-5-3-2-4-18(19)22(29)20-21(13-6-8-17(28)9-7-13)27(24(31)23(20)30)16-11-14(25)10-15(26)12-16/h2-12,21,28-29H,1H3/b22-20+. The predicted octanol–water partition coefficient (Wildman–Crippen LogP) is 5.33. The number of nitrogens with zero attached hydrogens (tertiary/aromatic N) is 1. The zero-order valence-corrected chi connectivity index (χ0v) is 18.3. The average Bonchev–Trinajstić information content (AvgIpc) is 3.03. The lowest BCUT2D eigenvalue weighted by Crippen LogP contribution is -2.29. The highest BCUT2D eigenvalue weighted by atomic mass is 35.5. The van der Waals surface area contributed by atoms with Crippen LogP contribution in [0.15, 0.2) is 72.3 Å². The van der Waals surface area contributed by atoms with Gasteiger partial charge in [0.05, 0.1) is 24.3 Å². The number of aliphatic hydroxyl groups excluding tert-OH is 1. The topological polar surface area (TPSA) is 87.1 Å². The number of carbonyl (C=O) groups is 2. The Labute approximate surface area is 193 Å². The number of rotatable bonds is 4. The van der Waals surface area contributed by atoms with Crippen LogP contribution in [0.4, 0.5) is 5.69 Å². The van der Waals surface area contributed by atoms with Gasteiger partial charge in [0.15, 0.2) is 0 Å². The van der Waals surface area contributed by atoms with Crippen LogP contribution in [0.2, 0.25) is 10.0 Å². The van der Waals surface area contributed by atoms with Crippen LogP contribution in [0.25, 0.3) is 5.76 Å². The monoisotopic (exact) mass is 469 g/mol. The summed E-state index contributed by atoms with van der Waals surface area (Å²) in [5.74, 6) is -1.75. The molecule has 2 N–H and O–H groups in total. The number of benzene rings is 3. The highest BCUT2D eigenvalue weighted by Gasteiger charge is 2.47. The molecule has 1 saturated heterocycles. The SMILES string of the molecule is COc1ccccc1/C(O)=C1\C(=O)C(=O)N(c2cc(Cl)cc(Cl)c2)C1c1ccc(O)cc1. The number of aliphatic hydroxyl groups is 1. The van der Waals surface area contributed by atoms with Crippen LogP contribution in [0.5, 0.6) is 11.5 Å². The first-order chi connectivity index (χ1) is 15.3. The van der Waals surface area contributed by atoms with Crippen molar-refractivity contribution in [3.8, 4) is 11.5 Å². The summed E-state index contributed by atoms with van der Waals surface area (Å²) in [5, 5.41) is 21.5. The van der Waals surface area contributed by atoms with Gasteiger partial charge in [0.1, 0.15) is 17.3 Å². The van der Waals surface area contributed by atoms with Gasteiger partial charge in [0.2, 0.25) is 0 Å². The summed E-state index contributed by atoms with van der Waals surface area (Å²) in [7, 11) is 1.44. The highest BCUT2D eigenvalue weighted by Crippen LogP contribution is 2.44. The summed E-state index contributed by atoms with van der Waals surface area (Å²) in [5.41, 5.74) is 0.929. The summed E-state index contributed by atoms with van der Waals surface area (Å²) in [6.07, 6.45) is 0. The van der Waals surface area contributed by atoms with Gasteiger partial charge in [0.25, 0.3) is 11.7 Å². The number of phenols is 1. The molecule has 162 valence electrons. The van der Waals surface area contributed by atoms with Crippen LogP contribution in [0.1, 0.15) is 17.2 Å². The Bertz CT molecular complexity index is 1230. The van der Waals surface area contributed by atoms with E-state index in [9.17, 15) is 19.8 Å². The smallest absolute Gasteiger partial charge is 0.300 e. The fraction of sp³-hybridized carbons (Fsp3) is 0.0833. The van der Waals surface area contributed by atoms with E-state index < -0.39 is 17.7 Å². The minimum Gasteiger partial charge on any atom is -0.508 e. The number of ether oxygens (including phenoxy) is 1. The molecule has 4 rings (SSSR count). The maximum absolute atomic E-state index is 13.2. The van der Waals surface area contributed by atoms with Gasteiger partial charge in [-0.15, -0.1) is 0 Å². The number of carbonyl (C=O) groups excluding carboxylic acids is 2. The second kappa shape index (κ2) is 8.57. The van der Waals surface area contributed by atoms with Crippen LogP contribution in [0, 0.1) is 0 Å². The number of phenolic OH excluding ortho intramolecular Hbond substituents is 1. The zero-order valence-electron chi connectivity index (χ0n) is 16.8. The molecule has 1 atom stereocenters. The molecular formula is C24H17Cl2NO5. The number of methoxy groups -OCH3 is 1. The van der Waals surface area contributed by atoms with Gasteiger partial charge < -0.3 is 14.9 Å². The fourth-order valence-corrected chi connectivity index (χ4v) is 4.25. The molecule has 3 aromatic rings. The third-order valence-electron chi connectivity index (χ3n) is 5.14. The van der Waals surface area contributed by atoms with Gasteiger partial charge in [-0.3, -0.25) is 14.5 Å². The van der Waals surface area contributed by atoms with Crippen LogP contribution in [-0.4, -0.2) is 29.0 Å². The number of hydrogen-bond acceptors (Lipinski definition) is 5. The number of ketones is 1. The van der Waals surface area contributed by atoms with Crippen molar-refractivity contribution >= 4 is 46.3 Å². The number of halogens is 2. The van der Waals surface area contributed by atoms with Crippen molar-refractivity contribution in [2.24, 2.45) is 0 Å². The molecule has 0 aromatic heterocycles. The third kappa shape index (κ3) is 3.79. The normalized spacial score (nSPS) is 17.6. The summed E-state index contributed by atoms with van der Waals surface area (Å²) < 4.78 is 5.32. The van der Waals surface area contributed by atoms with E-state index in [2.05, 4.69) is 0 Å². The van der Waals surface area contributed by atoms with Crippen LogP contribution in [-0.2, 0) is 9.59 Å². The first kappa shape index (κ1) is 21.7. The second-order valence-corrected chi connectivity index (χ2v) is 7.96. The van der Waals surface area contributed by atoms with Gasteiger partial charge >= 0.3 is 0 Å². The van der Waals surface area contributed by atoms with E-state index in [1.807, 2.05) is 0 Å². The summed E-state index contributed by atoms with van der Waals surface area (Å²) in [6, 6.07) is 16.2. The fourth-order valence-electron chi connectivity index (χ4n) is 3.73. The maximum atomic E-state index is 13.2. The lowest BCUT2D eigenvalue weighted by atomic mass is 9.94. The van der Waals surface area contributed by atoms with E-state index in [4.69, 9.17) is 27.9 Å². The molecule has 3 aromatic carbocycles. The van der Waals surface area contributed by atoms with E-state index >= 15 is 0 Å². The third-order valence-corrected chi connectivity index (χ3v) is 5.58. The Hall–Kier alpha value is -3.48. The molecule has 0 spiro atoms. The van der Waals surface area contributed by atoms with Crippen molar-refractivity contribution in [1.29, 1.82) is 0 Å². The van der Waals surface area contributed by atoms with Crippen molar-refractivity contribution in [3.05, 3.63) is 93.5 Å². The molecular weight excluding hydrogens is 453 g/mol. The minimum atomic E-state index is -0.991. The first-order valence-corrected chi connectivity index (χ1v) is 10.3. The van der Waals surface area contributed by atoms with Gasteiger partial charge in [0, 0.05) is 15.7 Å². The van der Waals surface area contributed by atoms with E-state index in [1.165, 1.54) is 42.3 Å². The van der Waals surface area contributed by atoms with Crippen LogP contribution >= 0.6 is 23.2 Å². The van der Waals surface area contributed by atoms with Crippen molar-refractivity contribution in [2.45, 2.75) is 6.04 Å². The second-order valence-electron chi connectivity index (χ2n) is 7.09. The molecule has 1 aliphatic rings. The molecule has 0 bridgehead atoms. The van der Waals surface area contributed by atoms with Crippen LogP contribution < -0.4 is 9.64 Å². The maximum Gasteiger partial charge on any atom is 0.300 e. The quantitative estimate of drug-likeness (QED) is 0.306. The highest BCUT2D eigenvalue weighted by molar-refractivity contribution is 6.52. The Kier molecular flexibility index (Phi) is 5.82. The Morgan fingerprint density at radius 3 is 2.22 bits per heavy atom. The number of Topliss-reactive ketones (excluding diaryl/α,β-unsaturated/α-hetero) is 1. The molecule has 0 aliphatic carbocycles. The lowest BCUT2D eigenvalue weighted by molar-refractivity contribution is -0.132. The van der Waals surface area contributed by atoms with Crippen molar-refractivity contribution in [2.75, 3.05) is 12.0 Å². The molecule has 1 fully saturated rings. The van der Waals surface area contributed by atoms with Crippen molar-refractivity contribution in [3.63, 3.8) is 0 Å². The van der Waals surface area contributed by atoms with E-state index in [0.29, 0.717) is 17.0 Å². The molecule has 1 aliphatic heterocycles. The summed E-state index contributed by atoms with van der Waals surface area (Å²) >= 11 is 12.3. The number of amides is 1. The molecule has 8 heteroatoms. The molecule has 0 saturated carbocycles. The number of aromatic hydroxyl groups is 1. The molecule has 6 nitrogen and oxygen atoms in total. The average molecular weight is 470 g/mol. The largest absolute Gasteiger partial charge is 0.508 e. The van der Waals surface area contributed by atoms with Crippen molar-refractivity contribution in [1.82, 2.24) is 0 Å². The minimum absolute atomic E-state index is 0.0150. The Balaban J connectivity index is 1.99. The van der Waals surface area contributed by atoms with Gasteiger partial charge in [-0.05, 0) is 48.0 Å². The molecule has 32 heavy (non-hydrogen) atoms. The molecule has 1 heterocycles. The Morgan fingerprint density at radius 1 is 0.969 bits per heavy atom. The van der Waals surface area contributed by atoms with Gasteiger partial charge in [-0.25, -0.2) is 0 Å². The number of anilines is 1. The van der Waals surface area contributed by atoms with E-state index in [-0.39, 0.29) is 32.7 Å². The number of hydrogen-bond donors (Lipinski definition) is 2. The van der Waals surface area contributed by atoms with Gasteiger partial charge in [-0.1, -0.05) is 47.5 Å². The Morgan fingerprint density at radius 2 is 1.59 bits per heavy atom. The lowest BCUT2D eigenvalue weighted by Gasteiger charge is -2.26. The predicted molar refractivity (Wildman–Crippen MR) is 122 cm³/mol. The number of para-hydroxylation sites is 1. The molecule has 1 unspecified atom stereocenters. The molecule has 1 amide bonds.